The molecule has 2 N–H and O–H groups in total. The van der Waals surface area contributed by atoms with Crippen LogP contribution in [0.5, 0.6) is 0 Å². The molecule has 1 saturated carbocycles. The van der Waals surface area contributed by atoms with Crippen LogP contribution in [0, 0.1) is 12.8 Å². The van der Waals surface area contributed by atoms with Gasteiger partial charge >= 0.3 is 0 Å². The Morgan fingerprint density at radius 2 is 1.96 bits per heavy atom. The van der Waals surface area contributed by atoms with E-state index in [0.29, 0.717) is 24.5 Å². The lowest BCUT2D eigenvalue weighted by atomic mass is 9.71. The lowest BCUT2D eigenvalue weighted by Gasteiger charge is -2.47. The number of aryl methyl sites for hydroxylation is 1. The van der Waals surface area contributed by atoms with Crippen LogP contribution >= 0.6 is 0 Å². The summed E-state index contributed by atoms with van der Waals surface area (Å²) in [7, 11) is 0. The Bertz CT molecular complexity index is 668. The van der Waals surface area contributed by atoms with Crippen LogP contribution in [0.3, 0.4) is 0 Å². The van der Waals surface area contributed by atoms with E-state index in [1.165, 1.54) is 6.92 Å². The maximum Gasteiger partial charge on any atom is 0.255 e. The van der Waals surface area contributed by atoms with Crippen LogP contribution < -0.4 is 10.6 Å². The van der Waals surface area contributed by atoms with Crippen LogP contribution in [0.1, 0.15) is 49.1 Å². The third kappa shape index (κ3) is 3.64. The van der Waals surface area contributed by atoms with E-state index in [1.54, 1.807) is 0 Å². The number of nitrogens with zero attached hydrogens (tertiary/aromatic N) is 1. The van der Waals surface area contributed by atoms with Crippen molar-refractivity contribution < 1.29 is 18.7 Å². The maximum absolute atomic E-state index is 12.8. The predicted octanol–water partition coefficient (Wildman–Crippen LogP) is 1.45. The monoisotopic (exact) mass is 363 g/mol. The number of carbonyl (C=O) groups is 2. The second kappa shape index (κ2) is 7.80. The highest BCUT2D eigenvalue weighted by Gasteiger charge is 2.55. The average molecular weight is 363 g/mol. The van der Waals surface area contributed by atoms with E-state index in [1.807, 2.05) is 13.0 Å². The number of hydrogen-bond donors (Lipinski definition) is 2. The van der Waals surface area contributed by atoms with Crippen molar-refractivity contribution in [3.05, 3.63) is 23.2 Å². The van der Waals surface area contributed by atoms with Crippen molar-refractivity contribution in [3.63, 3.8) is 0 Å². The second-order valence-corrected chi connectivity index (χ2v) is 7.16. The van der Waals surface area contributed by atoms with E-state index < -0.39 is 0 Å². The zero-order chi connectivity index (χ0) is 18.8. The van der Waals surface area contributed by atoms with Crippen LogP contribution in [0.15, 0.2) is 10.5 Å². The van der Waals surface area contributed by atoms with Gasteiger partial charge in [-0.1, -0.05) is 13.8 Å². The molecular formula is C19H29N3O4. The number of hydrogen-bond acceptors (Lipinski definition) is 5. The number of carbonyl (C=O) groups excluding carboxylic acids is 2. The molecule has 0 unspecified atom stereocenters. The Morgan fingerprint density at radius 1 is 1.23 bits per heavy atom. The normalized spacial score (nSPS) is 27.1. The number of amides is 2. The molecule has 1 aromatic rings. The van der Waals surface area contributed by atoms with Crippen LogP contribution in [-0.2, 0) is 16.1 Å². The minimum absolute atomic E-state index is 0.00729. The van der Waals surface area contributed by atoms with Gasteiger partial charge in [-0.05, 0) is 32.5 Å². The number of ether oxygens (including phenoxy) is 1. The fraction of sp³-hybridized carbons (Fsp3) is 0.684. The van der Waals surface area contributed by atoms with E-state index in [2.05, 4.69) is 29.4 Å². The van der Waals surface area contributed by atoms with Crippen molar-refractivity contribution in [2.75, 3.05) is 19.7 Å². The van der Waals surface area contributed by atoms with Crippen molar-refractivity contribution in [2.24, 2.45) is 5.92 Å². The first-order valence-corrected chi connectivity index (χ1v) is 9.45. The van der Waals surface area contributed by atoms with Gasteiger partial charge < -0.3 is 19.8 Å². The molecule has 2 heterocycles. The van der Waals surface area contributed by atoms with Gasteiger partial charge in [-0.15, -0.1) is 0 Å². The Kier molecular flexibility index (Phi) is 5.67. The summed E-state index contributed by atoms with van der Waals surface area (Å²) in [6.45, 7) is 10.7. The molecule has 4 atom stereocenters. The molecule has 26 heavy (non-hydrogen) atoms. The molecular weight excluding hydrogens is 334 g/mol. The van der Waals surface area contributed by atoms with Gasteiger partial charge in [0.1, 0.15) is 11.5 Å². The zero-order valence-corrected chi connectivity index (χ0v) is 16.0. The molecule has 0 bridgehead atoms. The summed E-state index contributed by atoms with van der Waals surface area (Å²) >= 11 is 0. The van der Waals surface area contributed by atoms with Gasteiger partial charge in [0.25, 0.3) is 5.91 Å². The third-order valence-corrected chi connectivity index (χ3v) is 5.54. The number of fused-ring (bicyclic) bond motifs is 1. The molecule has 1 aromatic heterocycles. The number of furan rings is 1. The van der Waals surface area contributed by atoms with Gasteiger partial charge in [0, 0.05) is 19.4 Å². The summed E-state index contributed by atoms with van der Waals surface area (Å²) in [6, 6.07) is 1.57. The molecule has 7 nitrogen and oxygen atoms in total. The number of nitrogens with one attached hydrogen (secondary N) is 2. The molecule has 1 aliphatic carbocycles. The quantitative estimate of drug-likeness (QED) is 0.766. The summed E-state index contributed by atoms with van der Waals surface area (Å²) in [5, 5.41) is 6.00. The van der Waals surface area contributed by atoms with E-state index in [-0.39, 0.29) is 35.9 Å². The van der Waals surface area contributed by atoms with Gasteiger partial charge in [-0.2, -0.15) is 0 Å². The standard InChI is InChI=1S/C19H29N3O4/c1-5-22(6-2)10-13-9-15(11(3)26-13)19(24)21-16-14-7-8-25-18(14)17(16)20-12(4)23/h9,14,16-18H,5-8,10H2,1-4H3,(H,20,23)(H,21,24)/t14-,16+,17-,18-/m1/s1. The van der Waals surface area contributed by atoms with Crippen molar-refractivity contribution in [2.45, 2.75) is 58.8 Å². The molecule has 1 saturated heterocycles. The van der Waals surface area contributed by atoms with Gasteiger partial charge in [-0.3, -0.25) is 14.5 Å². The molecule has 2 aliphatic rings. The van der Waals surface area contributed by atoms with Gasteiger partial charge in [0.15, 0.2) is 0 Å². The molecule has 0 spiro atoms. The van der Waals surface area contributed by atoms with Crippen molar-refractivity contribution in [3.8, 4) is 0 Å². The smallest absolute Gasteiger partial charge is 0.255 e. The summed E-state index contributed by atoms with van der Waals surface area (Å²) in [6.07, 6.45) is 0.913. The summed E-state index contributed by atoms with van der Waals surface area (Å²) in [5.74, 6) is 1.43. The molecule has 3 rings (SSSR count). The topological polar surface area (TPSA) is 83.8 Å². The Morgan fingerprint density at radius 3 is 2.62 bits per heavy atom. The molecule has 1 aliphatic heterocycles. The van der Waals surface area contributed by atoms with Crippen LogP contribution in [0.25, 0.3) is 0 Å². The minimum Gasteiger partial charge on any atom is -0.464 e. The summed E-state index contributed by atoms with van der Waals surface area (Å²) in [5.41, 5.74) is 0.566. The fourth-order valence-corrected chi connectivity index (χ4v) is 4.05. The summed E-state index contributed by atoms with van der Waals surface area (Å²) in [4.78, 5) is 26.5. The van der Waals surface area contributed by atoms with Gasteiger partial charge in [0.05, 0.1) is 30.3 Å². The van der Waals surface area contributed by atoms with E-state index >= 15 is 0 Å². The van der Waals surface area contributed by atoms with Crippen LogP contribution in [-0.4, -0.2) is 54.6 Å². The molecule has 0 radical (unpaired) electrons. The Labute approximate surface area is 154 Å². The van der Waals surface area contributed by atoms with Crippen molar-refractivity contribution >= 4 is 11.8 Å². The third-order valence-electron chi connectivity index (χ3n) is 5.54. The van der Waals surface area contributed by atoms with Crippen LogP contribution in [0.2, 0.25) is 0 Å². The van der Waals surface area contributed by atoms with Gasteiger partial charge in [-0.25, -0.2) is 0 Å². The van der Waals surface area contributed by atoms with Crippen molar-refractivity contribution in [1.82, 2.24) is 15.5 Å². The molecule has 7 heteroatoms. The molecule has 2 amide bonds. The van der Waals surface area contributed by atoms with Gasteiger partial charge in [0.2, 0.25) is 5.91 Å². The Hall–Kier alpha value is -1.86. The number of rotatable bonds is 7. The second-order valence-electron chi connectivity index (χ2n) is 7.16. The summed E-state index contributed by atoms with van der Waals surface area (Å²) < 4.78 is 11.5. The SMILES string of the molecule is CCN(CC)Cc1cc(C(=O)N[C@H]2[C@H]3CCO[C@H]3[C@@H]2NC(C)=O)c(C)o1. The highest BCUT2D eigenvalue weighted by atomic mass is 16.5. The first-order valence-electron chi connectivity index (χ1n) is 9.45. The average Bonchev–Trinajstić information content (AvgIpc) is 3.19. The van der Waals surface area contributed by atoms with E-state index in [9.17, 15) is 9.59 Å². The fourth-order valence-electron chi connectivity index (χ4n) is 4.05. The zero-order valence-electron chi connectivity index (χ0n) is 16.0. The predicted molar refractivity (Wildman–Crippen MR) is 96.8 cm³/mol. The van der Waals surface area contributed by atoms with E-state index in [4.69, 9.17) is 9.15 Å². The Balaban J connectivity index is 1.67. The molecule has 2 fully saturated rings. The maximum atomic E-state index is 12.8. The highest BCUT2D eigenvalue weighted by Crippen LogP contribution is 2.39. The first kappa shape index (κ1) is 18.9. The van der Waals surface area contributed by atoms with Crippen LogP contribution in [0.4, 0.5) is 0 Å². The first-order chi connectivity index (χ1) is 12.4. The molecule has 144 valence electrons. The van der Waals surface area contributed by atoms with E-state index in [0.717, 1.165) is 25.3 Å². The lowest BCUT2D eigenvalue weighted by molar-refractivity contribution is -0.123. The lowest BCUT2D eigenvalue weighted by Crippen LogP contribution is -2.70. The molecule has 0 aromatic carbocycles. The largest absolute Gasteiger partial charge is 0.464 e. The minimum atomic E-state index is -0.161. The van der Waals surface area contributed by atoms with Crippen molar-refractivity contribution in [1.29, 1.82) is 0 Å². The highest BCUT2D eigenvalue weighted by molar-refractivity contribution is 5.95.